The third-order valence-electron chi connectivity index (χ3n) is 1.19. The van der Waals surface area contributed by atoms with Crippen molar-refractivity contribution in [2.75, 3.05) is 0 Å². The normalized spacial score (nSPS) is 15.8. The first-order valence-corrected chi connectivity index (χ1v) is 4.31. The van der Waals surface area contributed by atoms with Gasteiger partial charge in [0.15, 0.2) is 0 Å². The molecule has 0 aliphatic heterocycles. The first kappa shape index (κ1) is 8.35. The molecule has 1 aromatic carbocycles. The fourth-order valence-electron chi connectivity index (χ4n) is 0.655. The van der Waals surface area contributed by atoms with Crippen molar-refractivity contribution < 1.29 is 18.9 Å². The third-order valence-corrected chi connectivity index (χ3v) is 2.35. The standard InChI is InChI=1S/C6H8NO3S/c7-10-11(8,9)6-4-2-1-3-5-6/h1-5H,7H3/q+2. The molecule has 1 rings (SSSR count). The average Bonchev–Trinajstić information content (AvgIpc) is 2.06. The summed E-state index contributed by atoms with van der Waals surface area (Å²) in [6, 6.07) is 7.85. The van der Waals surface area contributed by atoms with Gasteiger partial charge in [-0.15, -0.1) is 0 Å². The lowest BCUT2D eigenvalue weighted by Crippen LogP contribution is -2.52. The van der Waals surface area contributed by atoms with Gasteiger partial charge in [-0.25, -0.2) is 0 Å². The SMILES string of the molecule is [NH3+]O[S+]([O])(=O)c1ccccc1. The summed E-state index contributed by atoms with van der Waals surface area (Å²) in [5, 5.41) is 0. The van der Waals surface area contributed by atoms with Gasteiger partial charge in [0.2, 0.25) is 4.90 Å². The lowest BCUT2D eigenvalue weighted by atomic mass is 10.4. The Morgan fingerprint density at radius 2 is 1.82 bits per heavy atom. The quantitative estimate of drug-likeness (QED) is 0.505. The van der Waals surface area contributed by atoms with Crippen LogP contribution in [0, 0.1) is 0 Å². The highest BCUT2D eigenvalue weighted by Gasteiger charge is 2.36. The van der Waals surface area contributed by atoms with Crippen molar-refractivity contribution >= 4 is 10.5 Å². The second-order valence-corrected chi connectivity index (χ2v) is 3.50. The van der Waals surface area contributed by atoms with Crippen molar-refractivity contribution in [2.24, 2.45) is 0 Å². The van der Waals surface area contributed by atoms with Gasteiger partial charge in [-0.1, -0.05) is 18.2 Å². The molecule has 59 valence electrons. The van der Waals surface area contributed by atoms with Gasteiger partial charge in [0.05, 0.1) is 8.84 Å². The maximum Gasteiger partial charge on any atom is 0.482 e. The molecule has 0 fully saturated rings. The zero-order valence-corrected chi connectivity index (χ0v) is 6.54. The summed E-state index contributed by atoms with van der Waals surface area (Å²) in [7, 11) is -3.61. The van der Waals surface area contributed by atoms with Gasteiger partial charge in [-0.2, -0.15) is 5.90 Å². The van der Waals surface area contributed by atoms with Crippen LogP contribution in [0.25, 0.3) is 0 Å². The molecule has 3 N–H and O–H groups in total. The van der Waals surface area contributed by atoms with Crippen LogP contribution in [0.15, 0.2) is 35.2 Å². The monoisotopic (exact) mass is 174 g/mol. The highest BCUT2D eigenvalue weighted by Crippen LogP contribution is 2.14. The van der Waals surface area contributed by atoms with Crippen LogP contribution in [0.2, 0.25) is 0 Å². The van der Waals surface area contributed by atoms with Crippen molar-refractivity contribution in [1.29, 1.82) is 0 Å². The second-order valence-electron chi connectivity index (χ2n) is 1.89. The predicted molar refractivity (Wildman–Crippen MR) is 37.4 cm³/mol. The van der Waals surface area contributed by atoms with Gasteiger partial charge >= 0.3 is 10.5 Å². The van der Waals surface area contributed by atoms with Gasteiger partial charge in [-0.3, -0.25) is 0 Å². The predicted octanol–water partition coefficient (Wildman–Crippen LogP) is -0.0210. The highest BCUT2D eigenvalue weighted by atomic mass is 32.3. The van der Waals surface area contributed by atoms with Crippen LogP contribution in [0.3, 0.4) is 0 Å². The minimum Gasteiger partial charge on any atom is -0.158 e. The minimum absolute atomic E-state index is 0.120. The van der Waals surface area contributed by atoms with Crippen molar-refractivity contribution in [1.82, 2.24) is 0 Å². The first-order chi connectivity index (χ1) is 5.17. The smallest absolute Gasteiger partial charge is 0.158 e. The van der Waals surface area contributed by atoms with Crippen molar-refractivity contribution in [3.8, 4) is 0 Å². The van der Waals surface area contributed by atoms with E-state index < -0.39 is 10.5 Å². The summed E-state index contributed by atoms with van der Waals surface area (Å²) in [6.45, 7) is 0. The van der Waals surface area contributed by atoms with Crippen LogP contribution >= 0.6 is 0 Å². The lowest BCUT2D eigenvalue weighted by Gasteiger charge is -1.90. The van der Waals surface area contributed by atoms with Crippen LogP contribution in [0.1, 0.15) is 0 Å². The summed E-state index contributed by atoms with van der Waals surface area (Å²) in [5.74, 6) is 2.85. The Labute approximate surface area is 65.4 Å². The average molecular weight is 174 g/mol. The lowest BCUT2D eigenvalue weighted by molar-refractivity contribution is -0.637. The molecule has 1 radical (unpaired) electrons. The van der Waals surface area contributed by atoms with Gasteiger partial charge in [0.1, 0.15) is 0 Å². The number of rotatable bonds is 2. The van der Waals surface area contributed by atoms with Gasteiger partial charge in [0.25, 0.3) is 0 Å². The van der Waals surface area contributed by atoms with E-state index in [2.05, 4.69) is 10.2 Å². The van der Waals surface area contributed by atoms with E-state index >= 15 is 0 Å². The second kappa shape index (κ2) is 3.10. The zero-order valence-electron chi connectivity index (χ0n) is 5.73. The molecule has 0 aromatic heterocycles. The molecule has 1 unspecified atom stereocenters. The molecule has 1 aromatic rings. The Hall–Kier alpha value is -0.750. The van der Waals surface area contributed by atoms with E-state index in [4.69, 9.17) is 0 Å². The van der Waals surface area contributed by atoms with Gasteiger partial charge in [-0.05, 0) is 16.3 Å². The molecule has 1 atom stereocenters. The molecule has 0 bridgehead atoms. The van der Waals surface area contributed by atoms with Gasteiger partial charge < -0.3 is 0 Å². The van der Waals surface area contributed by atoms with Crippen molar-refractivity contribution in [3.63, 3.8) is 0 Å². The largest absolute Gasteiger partial charge is 0.482 e. The fraction of sp³-hybridized carbons (Fsp3) is 0. The van der Waals surface area contributed by atoms with E-state index in [9.17, 15) is 8.76 Å². The van der Waals surface area contributed by atoms with E-state index in [1.54, 1.807) is 18.2 Å². The van der Waals surface area contributed by atoms with E-state index in [0.717, 1.165) is 0 Å². The molecule has 11 heavy (non-hydrogen) atoms. The summed E-state index contributed by atoms with van der Waals surface area (Å²) in [6.07, 6.45) is 0. The number of quaternary nitrogens is 1. The molecular formula is C6H8NO3S+2. The molecule has 5 heteroatoms. The molecule has 4 nitrogen and oxygen atoms in total. The molecular weight excluding hydrogens is 166 g/mol. The molecule has 0 aliphatic carbocycles. The molecule has 0 heterocycles. The van der Waals surface area contributed by atoms with E-state index in [1.807, 2.05) is 0 Å². The Kier molecular flexibility index (Phi) is 2.35. The Bertz CT molecular complexity index is 274. The zero-order chi connectivity index (χ0) is 8.32. The van der Waals surface area contributed by atoms with E-state index in [0.29, 0.717) is 0 Å². The number of hydrogen-bond donors (Lipinski definition) is 1. The maximum atomic E-state index is 10.9. The Morgan fingerprint density at radius 1 is 1.27 bits per heavy atom. The summed E-state index contributed by atoms with van der Waals surface area (Å²) >= 11 is 0. The van der Waals surface area contributed by atoms with Gasteiger partial charge in [0, 0.05) is 0 Å². The summed E-state index contributed by atoms with van der Waals surface area (Å²) in [4.78, 5) is 0.120. The van der Waals surface area contributed by atoms with E-state index in [1.165, 1.54) is 12.1 Å². The fourth-order valence-corrected chi connectivity index (χ4v) is 1.28. The summed E-state index contributed by atoms with van der Waals surface area (Å²) in [5.41, 5.74) is 0. The van der Waals surface area contributed by atoms with Crippen molar-refractivity contribution in [2.45, 2.75) is 4.90 Å². The molecule has 0 saturated heterocycles. The van der Waals surface area contributed by atoms with Crippen molar-refractivity contribution in [3.05, 3.63) is 30.3 Å². The summed E-state index contributed by atoms with van der Waals surface area (Å²) < 4.78 is 25.9. The molecule has 0 spiro atoms. The minimum atomic E-state index is -3.61. The third kappa shape index (κ3) is 1.84. The van der Waals surface area contributed by atoms with Crippen LogP contribution in [0.4, 0.5) is 0 Å². The van der Waals surface area contributed by atoms with Crippen LogP contribution in [0.5, 0.6) is 0 Å². The number of benzene rings is 1. The van der Waals surface area contributed by atoms with Crippen LogP contribution in [-0.2, 0) is 23.5 Å². The molecule has 0 aliphatic rings. The highest BCUT2D eigenvalue weighted by molar-refractivity contribution is 7.92. The Balaban J connectivity index is 3.03. The Morgan fingerprint density at radius 3 is 2.27 bits per heavy atom. The first-order valence-electron chi connectivity index (χ1n) is 2.90. The van der Waals surface area contributed by atoms with Crippen LogP contribution < -0.4 is 5.90 Å². The van der Waals surface area contributed by atoms with E-state index in [-0.39, 0.29) is 4.90 Å². The maximum absolute atomic E-state index is 10.9. The molecule has 0 saturated carbocycles. The molecule has 0 amide bonds. The topological polar surface area (TPSA) is 73.8 Å². The number of hydrogen-bond acceptors (Lipinski definition) is 2. The van der Waals surface area contributed by atoms with Crippen LogP contribution in [-0.4, -0.2) is 0 Å².